The lowest BCUT2D eigenvalue weighted by Gasteiger charge is -2.33. The van der Waals surface area contributed by atoms with E-state index < -0.39 is 14.9 Å². The Kier molecular flexibility index (Phi) is 7.08. The molecule has 0 aliphatic carbocycles. The zero-order valence-corrected chi connectivity index (χ0v) is 18.7. The second-order valence-corrected chi connectivity index (χ2v) is 10.2. The van der Waals surface area contributed by atoms with Crippen molar-refractivity contribution in [3.8, 4) is 0 Å². The zero-order valence-electron chi connectivity index (χ0n) is 15.5. The van der Waals surface area contributed by atoms with Crippen LogP contribution >= 0.6 is 35.0 Å². The molecule has 156 valence electrons. The van der Waals surface area contributed by atoms with Crippen LogP contribution in [0.25, 0.3) is 0 Å². The summed E-state index contributed by atoms with van der Waals surface area (Å²) in [6, 6.07) is 8.73. The largest absolute Gasteiger partial charge is 0.301 e. The summed E-state index contributed by atoms with van der Waals surface area (Å²) < 4.78 is 28.0. The summed E-state index contributed by atoms with van der Waals surface area (Å²) in [5, 5.41) is 12.1. The number of rotatable bonds is 6. The number of nitro benzene ring substituents is 1. The third kappa shape index (κ3) is 5.04. The summed E-state index contributed by atoms with van der Waals surface area (Å²) in [7, 11) is -3.92. The van der Waals surface area contributed by atoms with Crippen molar-refractivity contribution in [1.82, 2.24) is 9.21 Å². The molecular weight excluding hydrogens is 457 g/mol. The number of hydrogen-bond donors (Lipinski definition) is 0. The molecule has 1 heterocycles. The van der Waals surface area contributed by atoms with Crippen LogP contribution in [-0.4, -0.2) is 55.3 Å². The van der Waals surface area contributed by atoms with E-state index in [2.05, 4.69) is 4.90 Å². The lowest BCUT2D eigenvalue weighted by molar-refractivity contribution is -0.385. The number of benzene rings is 2. The Labute approximate surface area is 183 Å². The van der Waals surface area contributed by atoms with Crippen molar-refractivity contribution in [3.63, 3.8) is 0 Å². The van der Waals surface area contributed by atoms with E-state index in [1.165, 1.54) is 16.4 Å². The molecule has 0 saturated carbocycles. The Morgan fingerprint density at radius 3 is 2.38 bits per heavy atom. The fraction of sp³-hybridized carbons (Fsp3) is 0.333. The Bertz CT molecular complexity index is 1030. The van der Waals surface area contributed by atoms with Crippen molar-refractivity contribution >= 4 is 50.7 Å². The first kappa shape index (κ1) is 22.3. The van der Waals surface area contributed by atoms with Crippen LogP contribution in [0.15, 0.2) is 51.1 Å². The number of halogens is 2. The Morgan fingerprint density at radius 1 is 1.07 bits per heavy atom. The van der Waals surface area contributed by atoms with E-state index >= 15 is 0 Å². The molecule has 11 heteroatoms. The van der Waals surface area contributed by atoms with Gasteiger partial charge in [0.15, 0.2) is 0 Å². The van der Waals surface area contributed by atoms with Crippen LogP contribution in [0.4, 0.5) is 5.69 Å². The van der Waals surface area contributed by atoms with Crippen molar-refractivity contribution < 1.29 is 13.3 Å². The van der Waals surface area contributed by atoms with Crippen LogP contribution in [0.1, 0.15) is 6.92 Å². The van der Waals surface area contributed by atoms with E-state index in [9.17, 15) is 18.5 Å². The third-order valence-corrected chi connectivity index (χ3v) is 8.53. The topological polar surface area (TPSA) is 83.8 Å². The molecule has 0 atom stereocenters. The highest BCUT2D eigenvalue weighted by molar-refractivity contribution is 8.00. The van der Waals surface area contributed by atoms with Gasteiger partial charge in [0, 0.05) is 53.1 Å². The van der Waals surface area contributed by atoms with E-state index in [-0.39, 0.29) is 10.6 Å². The number of non-ortho nitro benzene ring substituents is 1. The van der Waals surface area contributed by atoms with Crippen LogP contribution in [0.3, 0.4) is 0 Å². The molecular formula is C18H19Cl2N3O4S2. The molecule has 3 rings (SSSR count). The standard InChI is InChI=1S/C18H19Cl2N3O4S2/c1-2-21-7-9-22(10-8-21)29(26,27)18-12-14(23(24)25)4-6-16(18)28-17-11-13(19)3-5-15(17)20/h3-6,11-12H,2,7-10H2,1H3. The van der Waals surface area contributed by atoms with Crippen LogP contribution < -0.4 is 0 Å². The summed E-state index contributed by atoms with van der Waals surface area (Å²) in [5.41, 5.74) is -0.280. The van der Waals surface area contributed by atoms with Crippen LogP contribution in [0.5, 0.6) is 0 Å². The Morgan fingerprint density at radius 2 is 1.76 bits per heavy atom. The highest BCUT2D eigenvalue weighted by Crippen LogP contribution is 2.40. The van der Waals surface area contributed by atoms with E-state index in [0.717, 1.165) is 24.4 Å². The third-order valence-electron chi connectivity index (χ3n) is 4.65. The van der Waals surface area contributed by atoms with Gasteiger partial charge in [0.2, 0.25) is 10.0 Å². The number of nitrogens with zero attached hydrogens (tertiary/aromatic N) is 3. The molecule has 0 aromatic heterocycles. The van der Waals surface area contributed by atoms with Gasteiger partial charge in [-0.1, -0.05) is 41.9 Å². The molecule has 0 unspecified atom stereocenters. The van der Waals surface area contributed by atoms with Crippen LogP contribution in [0.2, 0.25) is 10.0 Å². The first-order chi connectivity index (χ1) is 13.7. The summed E-state index contributed by atoms with van der Waals surface area (Å²) in [4.78, 5) is 13.6. The Hall–Kier alpha value is -1.36. The molecule has 0 bridgehead atoms. The minimum atomic E-state index is -3.92. The summed E-state index contributed by atoms with van der Waals surface area (Å²) in [6.45, 7) is 4.77. The first-order valence-corrected chi connectivity index (χ1v) is 11.9. The molecule has 1 saturated heterocycles. The van der Waals surface area contributed by atoms with Gasteiger partial charge in [-0.15, -0.1) is 0 Å². The van der Waals surface area contributed by atoms with Gasteiger partial charge in [-0.05, 0) is 30.8 Å². The van der Waals surface area contributed by atoms with Gasteiger partial charge in [0.25, 0.3) is 5.69 Å². The molecule has 1 aliphatic rings. The highest BCUT2D eigenvalue weighted by atomic mass is 35.5. The van der Waals surface area contributed by atoms with Gasteiger partial charge in [-0.25, -0.2) is 8.42 Å². The highest BCUT2D eigenvalue weighted by Gasteiger charge is 2.31. The predicted octanol–water partition coefficient (Wildman–Crippen LogP) is 4.38. The fourth-order valence-corrected chi connectivity index (χ4v) is 6.30. The number of hydrogen-bond acceptors (Lipinski definition) is 6. The predicted molar refractivity (Wildman–Crippen MR) is 115 cm³/mol. The smallest absolute Gasteiger partial charge is 0.270 e. The Balaban J connectivity index is 2.02. The van der Waals surface area contributed by atoms with Gasteiger partial charge in [-0.2, -0.15) is 4.31 Å². The van der Waals surface area contributed by atoms with Gasteiger partial charge in [0.05, 0.1) is 9.95 Å². The van der Waals surface area contributed by atoms with E-state index in [4.69, 9.17) is 23.2 Å². The second-order valence-electron chi connectivity index (χ2n) is 6.40. The quantitative estimate of drug-likeness (QED) is 0.455. The zero-order chi connectivity index (χ0) is 21.2. The van der Waals surface area contributed by atoms with Gasteiger partial charge >= 0.3 is 0 Å². The molecule has 2 aromatic carbocycles. The summed E-state index contributed by atoms with van der Waals surface area (Å²) in [6.07, 6.45) is 0. The maximum atomic E-state index is 13.3. The fourth-order valence-electron chi connectivity index (χ4n) is 3.00. The average molecular weight is 476 g/mol. The van der Waals surface area contributed by atoms with Gasteiger partial charge in [0.1, 0.15) is 4.90 Å². The van der Waals surface area contributed by atoms with Crippen molar-refractivity contribution in [1.29, 1.82) is 0 Å². The molecule has 2 aromatic rings. The number of piperazine rings is 1. The number of nitro groups is 1. The minimum absolute atomic E-state index is 0.0994. The molecule has 7 nitrogen and oxygen atoms in total. The SMILES string of the molecule is CCN1CCN(S(=O)(=O)c2cc([N+](=O)[O-])ccc2Sc2cc(Cl)ccc2Cl)CC1. The van der Waals surface area contributed by atoms with Crippen LogP contribution in [-0.2, 0) is 10.0 Å². The molecule has 0 radical (unpaired) electrons. The molecule has 1 aliphatic heterocycles. The molecule has 0 N–H and O–H groups in total. The number of sulfonamides is 1. The van der Waals surface area contributed by atoms with Crippen molar-refractivity contribution in [3.05, 3.63) is 56.6 Å². The summed E-state index contributed by atoms with van der Waals surface area (Å²) >= 11 is 13.4. The van der Waals surface area contributed by atoms with Crippen molar-refractivity contribution in [2.24, 2.45) is 0 Å². The van der Waals surface area contributed by atoms with Crippen molar-refractivity contribution in [2.75, 3.05) is 32.7 Å². The molecule has 1 fully saturated rings. The van der Waals surface area contributed by atoms with Gasteiger partial charge in [-0.3, -0.25) is 10.1 Å². The maximum Gasteiger partial charge on any atom is 0.270 e. The molecule has 0 amide bonds. The van der Waals surface area contributed by atoms with E-state index in [1.54, 1.807) is 18.2 Å². The second kappa shape index (κ2) is 9.20. The molecule has 0 spiro atoms. The lowest BCUT2D eigenvalue weighted by atomic mass is 10.3. The van der Waals surface area contributed by atoms with Gasteiger partial charge < -0.3 is 4.90 Å². The summed E-state index contributed by atoms with van der Waals surface area (Å²) in [5.74, 6) is 0. The van der Waals surface area contributed by atoms with E-state index in [1.807, 2.05) is 6.92 Å². The average Bonchev–Trinajstić information content (AvgIpc) is 2.70. The monoisotopic (exact) mass is 475 g/mol. The molecule has 29 heavy (non-hydrogen) atoms. The van der Waals surface area contributed by atoms with Crippen LogP contribution in [0, 0.1) is 10.1 Å². The first-order valence-electron chi connectivity index (χ1n) is 8.86. The lowest BCUT2D eigenvalue weighted by Crippen LogP contribution is -2.48. The van der Waals surface area contributed by atoms with E-state index in [0.29, 0.717) is 46.0 Å². The maximum absolute atomic E-state index is 13.3. The normalized spacial score (nSPS) is 16.1. The van der Waals surface area contributed by atoms with Crippen molar-refractivity contribution in [2.45, 2.75) is 21.6 Å². The number of likely N-dealkylation sites (N-methyl/N-ethyl adjacent to an activating group) is 1. The minimum Gasteiger partial charge on any atom is -0.301 e.